The molecule has 0 radical (unpaired) electrons. The van der Waals surface area contributed by atoms with E-state index in [2.05, 4.69) is 40.5 Å². The molecule has 2 aromatic rings. The number of likely N-dealkylation sites (N-methyl/N-ethyl adjacent to an activating group) is 1. The number of carbonyl (C=O) groups excluding carboxylic acids is 1. The van der Waals surface area contributed by atoms with Crippen LogP contribution >= 0.6 is 11.6 Å². The molecule has 0 bridgehead atoms. The van der Waals surface area contributed by atoms with E-state index in [4.69, 9.17) is 11.6 Å². The van der Waals surface area contributed by atoms with Crippen LogP contribution in [0.25, 0.3) is 0 Å². The number of hydrogen-bond acceptors (Lipinski definition) is 5. The summed E-state index contributed by atoms with van der Waals surface area (Å²) in [6.07, 6.45) is 4.57. The fourth-order valence-electron chi connectivity index (χ4n) is 4.83. The molecule has 2 aliphatic rings. The van der Waals surface area contributed by atoms with Gasteiger partial charge in [0.15, 0.2) is 0 Å². The Morgan fingerprint density at radius 3 is 2.50 bits per heavy atom. The normalized spacial score (nSPS) is 19.5. The van der Waals surface area contributed by atoms with Crippen LogP contribution in [-0.4, -0.2) is 71.0 Å². The summed E-state index contributed by atoms with van der Waals surface area (Å²) >= 11 is 6.05. The zero-order chi connectivity index (χ0) is 22.8. The van der Waals surface area contributed by atoms with E-state index >= 15 is 0 Å². The molecule has 1 saturated heterocycles. The molecule has 1 amide bonds. The van der Waals surface area contributed by atoms with Crippen LogP contribution in [0.3, 0.4) is 0 Å². The maximum atomic E-state index is 13.6. The van der Waals surface area contributed by atoms with Crippen molar-refractivity contribution in [2.45, 2.75) is 58.0 Å². The van der Waals surface area contributed by atoms with Crippen LogP contribution in [0.2, 0.25) is 5.02 Å². The number of piperazine rings is 1. The van der Waals surface area contributed by atoms with Crippen LogP contribution in [-0.2, 0) is 17.6 Å². The van der Waals surface area contributed by atoms with Gasteiger partial charge in [0.1, 0.15) is 12.1 Å². The predicted octanol–water partition coefficient (Wildman–Crippen LogP) is 3.78. The lowest BCUT2D eigenvalue weighted by Gasteiger charge is -2.40. The highest BCUT2D eigenvalue weighted by Crippen LogP contribution is 2.37. The van der Waals surface area contributed by atoms with Gasteiger partial charge in [0.05, 0.1) is 6.04 Å². The lowest BCUT2D eigenvalue weighted by atomic mass is 10.0. The molecule has 32 heavy (non-hydrogen) atoms. The number of rotatable bonds is 6. The largest absolute Gasteiger partial charge is 0.353 e. The molecule has 2 heterocycles. The van der Waals surface area contributed by atoms with Gasteiger partial charge in [0.2, 0.25) is 5.91 Å². The minimum Gasteiger partial charge on any atom is -0.353 e. The highest BCUT2D eigenvalue weighted by Gasteiger charge is 2.33. The van der Waals surface area contributed by atoms with E-state index in [9.17, 15) is 4.79 Å². The lowest BCUT2D eigenvalue weighted by Crippen LogP contribution is -2.56. The molecule has 0 N–H and O–H groups in total. The molecular formula is C25H34ClN5O. The quantitative estimate of drug-likeness (QED) is 0.663. The minimum atomic E-state index is -0.189. The number of amides is 1. The summed E-state index contributed by atoms with van der Waals surface area (Å²) < 4.78 is 0. The molecule has 1 aliphatic carbocycles. The summed E-state index contributed by atoms with van der Waals surface area (Å²) in [6.45, 7) is 9.58. The Morgan fingerprint density at radius 1 is 1.16 bits per heavy atom. The first-order valence-electron chi connectivity index (χ1n) is 11.7. The molecule has 2 atom stereocenters. The molecule has 4 rings (SSSR count). The number of fused-ring (bicyclic) bond motifs is 1. The molecule has 1 fully saturated rings. The number of nitrogens with zero attached hydrogens (tertiary/aromatic N) is 5. The number of aromatic nitrogens is 2. The van der Waals surface area contributed by atoms with Crippen LogP contribution in [0.5, 0.6) is 0 Å². The number of carbonyl (C=O) groups is 1. The van der Waals surface area contributed by atoms with Crippen LogP contribution in [0.1, 0.15) is 49.9 Å². The molecule has 0 spiro atoms. The van der Waals surface area contributed by atoms with E-state index in [0.29, 0.717) is 12.3 Å². The third-order valence-corrected chi connectivity index (χ3v) is 7.33. The molecule has 0 saturated carbocycles. The van der Waals surface area contributed by atoms with Crippen molar-refractivity contribution in [2.24, 2.45) is 0 Å². The van der Waals surface area contributed by atoms with Crippen molar-refractivity contribution in [3.63, 3.8) is 0 Å². The fraction of sp³-hybridized carbons (Fsp3) is 0.560. The summed E-state index contributed by atoms with van der Waals surface area (Å²) in [4.78, 5) is 29.3. The van der Waals surface area contributed by atoms with Gasteiger partial charge in [-0.1, -0.05) is 30.7 Å². The van der Waals surface area contributed by atoms with Crippen LogP contribution in [0.4, 0.5) is 5.82 Å². The van der Waals surface area contributed by atoms with Gasteiger partial charge in [-0.15, -0.1) is 0 Å². The van der Waals surface area contributed by atoms with Gasteiger partial charge in [0.25, 0.3) is 0 Å². The Bertz CT molecular complexity index is 940. The first-order chi connectivity index (χ1) is 15.3. The molecule has 172 valence electrons. The maximum absolute atomic E-state index is 13.6. The van der Waals surface area contributed by atoms with Gasteiger partial charge in [-0.3, -0.25) is 9.69 Å². The smallest absolute Gasteiger partial charge is 0.240 e. The SMILES string of the molecule is CC(C)N(C)C(Cc1ccc(Cl)cc1)C(=O)N1CCN(c2ncnc3c2[C@H](C)CC3)CC1. The summed E-state index contributed by atoms with van der Waals surface area (Å²) in [5.41, 5.74) is 3.64. The van der Waals surface area contributed by atoms with Gasteiger partial charge in [-0.25, -0.2) is 9.97 Å². The third-order valence-electron chi connectivity index (χ3n) is 7.08. The number of aryl methyl sites for hydroxylation is 1. The number of halogens is 1. The zero-order valence-corrected chi connectivity index (χ0v) is 20.3. The second-order valence-corrected chi connectivity index (χ2v) is 9.85. The summed E-state index contributed by atoms with van der Waals surface area (Å²) in [5.74, 6) is 1.78. The Morgan fingerprint density at radius 2 is 1.84 bits per heavy atom. The average molecular weight is 456 g/mol. The highest BCUT2D eigenvalue weighted by atomic mass is 35.5. The molecule has 7 heteroatoms. The summed E-state index contributed by atoms with van der Waals surface area (Å²) in [7, 11) is 2.05. The van der Waals surface area contributed by atoms with Crippen molar-refractivity contribution in [1.29, 1.82) is 0 Å². The second kappa shape index (κ2) is 9.75. The van der Waals surface area contributed by atoms with Crippen molar-refractivity contribution in [3.8, 4) is 0 Å². The molecule has 1 aromatic carbocycles. The van der Waals surface area contributed by atoms with E-state index in [1.807, 2.05) is 36.2 Å². The summed E-state index contributed by atoms with van der Waals surface area (Å²) in [5, 5.41) is 0.718. The van der Waals surface area contributed by atoms with Gasteiger partial charge in [0, 0.05) is 48.5 Å². The average Bonchev–Trinajstić information content (AvgIpc) is 3.19. The highest BCUT2D eigenvalue weighted by molar-refractivity contribution is 6.30. The van der Waals surface area contributed by atoms with E-state index in [1.165, 1.54) is 11.3 Å². The fourth-order valence-corrected chi connectivity index (χ4v) is 4.96. The first-order valence-corrected chi connectivity index (χ1v) is 12.1. The van der Waals surface area contributed by atoms with Crippen molar-refractivity contribution in [2.75, 3.05) is 38.1 Å². The van der Waals surface area contributed by atoms with Crippen molar-refractivity contribution < 1.29 is 4.79 Å². The van der Waals surface area contributed by atoms with Crippen molar-refractivity contribution in [1.82, 2.24) is 19.8 Å². The Labute approximate surface area is 196 Å². The van der Waals surface area contributed by atoms with Gasteiger partial charge >= 0.3 is 0 Å². The van der Waals surface area contributed by atoms with Crippen molar-refractivity contribution in [3.05, 3.63) is 52.4 Å². The predicted molar refractivity (Wildman–Crippen MR) is 129 cm³/mol. The molecule has 1 aromatic heterocycles. The monoisotopic (exact) mass is 455 g/mol. The van der Waals surface area contributed by atoms with Crippen LogP contribution in [0, 0.1) is 0 Å². The summed E-state index contributed by atoms with van der Waals surface area (Å²) in [6, 6.07) is 7.92. The Balaban J connectivity index is 1.46. The zero-order valence-electron chi connectivity index (χ0n) is 19.6. The molecule has 1 aliphatic heterocycles. The maximum Gasteiger partial charge on any atom is 0.240 e. The lowest BCUT2D eigenvalue weighted by molar-refractivity contribution is -0.137. The topological polar surface area (TPSA) is 52.6 Å². The minimum absolute atomic E-state index is 0.189. The molecule has 1 unspecified atom stereocenters. The van der Waals surface area contributed by atoms with Gasteiger partial charge in [-0.05, 0) is 63.8 Å². The van der Waals surface area contributed by atoms with E-state index in [-0.39, 0.29) is 18.0 Å². The second-order valence-electron chi connectivity index (χ2n) is 9.42. The van der Waals surface area contributed by atoms with E-state index in [1.54, 1.807) is 6.33 Å². The van der Waals surface area contributed by atoms with Gasteiger partial charge < -0.3 is 9.80 Å². The molecule has 6 nitrogen and oxygen atoms in total. The van der Waals surface area contributed by atoms with Crippen LogP contribution < -0.4 is 4.90 Å². The van der Waals surface area contributed by atoms with Crippen LogP contribution in [0.15, 0.2) is 30.6 Å². The first kappa shape index (κ1) is 23.0. The van der Waals surface area contributed by atoms with Gasteiger partial charge in [-0.2, -0.15) is 0 Å². The molecular weight excluding hydrogens is 422 g/mol. The standard InChI is InChI=1S/C25H34ClN5O/c1-17(2)29(4)22(15-19-6-8-20(26)9-7-19)25(32)31-13-11-30(12-14-31)24-23-18(3)5-10-21(23)27-16-28-24/h6-9,16-18,22H,5,10-15H2,1-4H3/t18-,22?/m1/s1. The number of anilines is 1. The third kappa shape index (κ3) is 4.76. The van der Waals surface area contributed by atoms with E-state index in [0.717, 1.165) is 55.4 Å². The Hall–Kier alpha value is -2.18. The van der Waals surface area contributed by atoms with Crippen molar-refractivity contribution >= 4 is 23.3 Å². The number of hydrogen-bond donors (Lipinski definition) is 0. The Kier molecular flexibility index (Phi) is 7.01. The number of benzene rings is 1. The van der Waals surface area contributed by atoms with E-state index < -0.39 is 0 Å².